The van der Waals surface area contributed by atoms with Crippen LogP contribution in [0.25, 0.3) is 0 Å². The highest BCUT2D eigenvalue weighted by atomic mass is 32.2. The lowest BCUT2D eigenvalue weighted by Crippen LogP contribution is -2.45. The number of carboxylic acid groups (broad SMARTS) is 1. The van der Waals surface area contributed by atoms with Gasteiger partial charge in [-0.1, -0.05) is 6.92 Å². The Bertz CT molecular complexity index is 333. The summed E-state index contributed by atoms with van der Waals surface area (Å²) in [5.41, 5.74) is 0. The third-order valence-electron chi connectivity index (χ3n) is 2.71. The number of nitrogens with zero attached hydrogens (tertiary/aromatic N) is 1. The lowest BCUT2D eigenvalue weighted by Gasteiger charge is -2.29. The Morgan fingerprint density at radius 1 is 1.44 bits per heavy atom. The summed E-state index contributed by atoms with van der Waals surface area (Å²) in [5, 5.41) is 8.41. The molecule has 1 fully saturated rings. The number of hydrogen-bond acceptors (Lipinski definition) is 3. The van der Waals surface area contributed by atoms with E-state index in [0.29, 0.717) is 19.0 Å². The van der Waals surface area contributed by atoms with Crippen molar-refractivity contribution in [3.8, 4) is 0 Å². The zero-order chi connectivity index (χ0) is 12.2. The number of rotatable bonds is 5. The number of piperidine rings is 1. The van der Waals surface area contributed by atoms with E-state index in [1.165, 1.54) is 4.31 Å². The molecule has 1 aliphatic heterocycles. The van der Waals surface area contributed by atoms with Crippen LogP contribution in [0.5, 0.6) is 0 Å². The molecule has 2 N–H and O–H groups in total. The van der Waals surface area contributed by atoms with Gasteiger partial charge in [-0.3, -0.25) is 4.79 Å². The van der Waals surface area contributed by atoms with Crippen LogP contribution in [0.2, 0.25) is 0 Å². The van der Waals surface area contributed by atoms with E-state index < -0.39 is 16.2 Å². The van der Waals surface area contributed by atoms with Crippen LogP contribution in [0.3, 0.4) is 0 Å². The Morgan fingerprint density at radius 3 is 2.50 bits per heavy atom. The molecule has 6 nitrogen and oxygen atoms in total. The first kappa shape index (κ1) is 13.4. The van der Waals surface area contributed by atoms with Crippen molar-refractivity contribution in [1.82, 2.24) is 9.03 Å². The number of carboxylic acids is 1. The van der Waals surface area contributed by atoms with Crippen LogP contribution < -0.4 is 4.72 Å². The molecule has 0 spiro atoms. The fraction of sp³-hybridized carbons (Fsp3) is 0.889. The van der Waals surface area contributed by atoms with Crippen molar-refractivity contribution in [3.05, 3.63) is 0 Å². The number of carbonyl (C=O) groups is 1. The molecule has 94 valence electrons. The van der Waals surface area contributed by atoms with Crippen LogP contribution >= 0.6 is 0 Å². The molecule has 0 aliphatic carbocycles. The monoisotopic (exact) mass is 250 g/mol. The van der Waals surface area contributed by atoms with Gasteiger partial charge in [-0.15, -0.1) is 0 Å². The van der Waals surface area contributed by atoms with Gasteiger partial charge in [0.2, 0.25) is 0 Å². The molecule has 1 aliphatic rings. The summed E-state index contributed by atoms with van der Waals surface area (Å²) in [7, 11) is -3.48. The Labute approximate surface area is 95.8 Å². The maximum absolute atomic E-state index is 11.7. The molecule has 16 heavy (non-hydrogen) atoms. The first-order valence-corrected chi connectivity index (χ1v) is 6.82. The molecule has 7 heteroatoms. The molecule has 0 amide bonds. The molecule has 1 rings (SSSR count). The summed E-state index contributed by atoms with van der Waals surface area (Å²) in [6.07, 6.45) is 1.53. The molecule has 1 saturated heterocycles. The predicted octanol–water partition coefficient (Wildman–Crippen LogP) is 0.0274. The molecule has 0 unspecified atom stereocenters. The fourth-order valence-electron chi connectivity index (χ4n) is 1.60. The van der Waals surface area contributed by atoms with Gasteiger partial charge >= 0.3 is 5.97 Å². The molecule has 1 heterocycles. The van der Waals surface area contributed by atoms with Crippen molar-refractivity contribution < 1.29 is 18.3 Å². The summed E-state index contributed by atoms with van der Waals surface area (Å²) < 4.78 is 27.1. The first-order valence-electron chi connectivity index (χ1n) is 5.38. The minimum Gasteiger partial charge on any atom is -0.481 e. The lowest BCUT2D eigenvalue weighted by molar-refractivity contribution is -0.136. The van der Waals surface area contributed by atoms with Crippen molar-refractivity contribution >= 4 is 16.2 Å². The summed E-state index contributed by atoms with van der Waals surface area (Å²) in [6, 6.07) is 0. The van der Waals surface area contributed by atoms with Crippen molar-refractivity contribution in [1.29, 1.82) is 0 Å². The minimum atomic E-state index is -3.48. The first-order chi connectivity index (χ1) is 7.42. The van der Waals surface area contributed by atoms with Gasteiger partial charge < -0.3 is 5.11 Å². The average Bonchev–Trinajstić information content (AvgIpc) is 2.17. The van der Waals surface area contributed by atoms with Gasteiger partial charge in [0.05, 0.1) is 6.42 Å². The molecule has 0 aromatic heterocycles. The standard InChI is InChI=1S/C9H18N2O4S/c1-8-3-6-11(7-4-8)16(14,15)10-5-2-9(12)13/h8,10H,2-7H2,1H3,(H,12,13). The second-order valence-electron chi connectivity index (χ2n) is 4.12. The van der Waals surface area contributed by atoms with E-state index in [4.69, 9.17) is 5.11 Å². The lowest BCUT2D eigenvalue weighted by atomic mass is 10.0. The maximum atomic E-state index is 11.7. The van der Waals surface area contributed by atoms with Crippen LogP contribution in [-0.2, 0) is 15.0 Å². The quantitative estimate of drug-likeness (QED) is 0.720. The van der Waals surface area contributed by atoms with E-state index in [2.05, 4.69) is 11.6 Å². The highest BCUT2D eigenvalue weighted by molar-refractivity contribution is 7.87. The molecule has 0 aromatic carbocycles. The Kier molecular flexibility index (Phi) is 4.69. The fourth-order valence-corrected chi connectivity index (χ4v) is 2.84. The SMILES string of the molecule is CC1CCN(S(=O)(=O)NCCC(=O)O)CC1. The summed E-state index contributed by atoms with van der Waals surface area (Å²) in [6.45, 7) is 3.08. The number of nitrogens with one attached hydrogen (secondary N) is 1. The van der Waals surface area contributed by atoms with Gasteiger partial charge in [0.25, 0.3) is 10.2 Å². The van der Waals surface area contributed by atoms with Gasteiger partial charge in [0, 0.05) is 19.6 Å². The minimum absolute atomic E-state index is 0.0519. The van der Waals surface area contributed by atoms with Crippen molar-refractivity contribution in [2.75, 3.05) is 19.6 Å². The Morgan fingerprint density at radius 2 is 2.00 bits per heavy atom. The van der Waals surface area contributed by atoms with Crippen LogP contribution in [0.15, 0.2) is 0 Å². The third kappa shape index (κ3) is 4.07. The Balaban J connectivity index is 2.41. The molecule has 0 saturated carbocycles. The second kappa shape index (κ2) is 5.60. The van der Waals surface area contributed by atoms with Gasteiger partial charge in [0.1, 0.15) is 0 Å². The van der Waals surface area contributed by atoms with E-state index >= 15 is 0 Å². The molecule has 0 radical (unpaired) electrons. The highest BCUT2D eigenvalue weighted by Crippen LogP contribution is 2.17. The summed E-state index contributed by atoms with van der Waals surface area (Å²) in [4.78, 5) is 10.3. The van der Waals surface area contributed by atoms with Crippen LogP contribution in [0.1, 0.15) is 26.2 Å². The molecular weight excluding hydrogens is 232 g/mol. The van der Waals surface area contributed by atoms with E-state index in [1.807, 2.05) is 0 Å². The topological polar surface area (TPSA) is 86.7 Å². The van der Waals surface area contributed by atoms with Crippen LogP contribution in [0, 0.1) is 5.92 Å². The summed E-state index contributed by atoms with van der Waals surface area (Å²) >= 11 is 0. The zero-order valence-electron chi connectivity index (χ0n) is 9.35. The largest absolute Gasteiger partial charge is 0.481 e. The smallest absolute Gasteiger partial charge is 0.304 e. The van der Waals surface area contributed by atoms with Gasteiger partial charge in [-0.2, -0.15) is 12.7 Å². The third-order valence-corrected chi connectivity index (χ3v) is 4.32. The predicted molar refractivity (Wildman–Crippen MR) is 59.1 cm³/mol. The molecular formula is C9H18N2O4S. The molecule has 0 aromatic rings. The van der Waals surface area contributed by atoms with Gasteiger partial charge in [-0.25, -0.2) is 4.72 Å². The highest BCUT2D eigenvalue weighted by Gasteiger charge is 2.25. The van der Waals surface area contributed by atoms with Crippen molar-refractivity contribution in [2.24, 2.45) is 5.92 Å². The number of hydrogen-bond donors (Lipinski definition) is 2. The zero-order valence-corrected chi connectivity index (χ0v) is 10.2. The van der Waals surface area contributed by atoms with E-state index in [-0.39, 0.29) is 13.0 Å². The normalized spacial score (nSPS) is 19.8. The Hall–Kier alpha value is -0.660. The van der Waals surface area contributed by atoms with Crippen molar-refractivity contribution in [3.63, 3.8) is 0 Å². The van der Waals surface area contributed by atoms with E-state index in [1.54, 1.807) is 0 Å². The van der Waals surface area contributed by atoms with Gasteiger partial charge in [0.15, 0.2) is 0 Å². The summed E-state index contributed by atoms with van der Waals surface area (Å²) in [5.74, 6) is -0.444. The van der Waals surface area contributed by atoms with Gasteiger partial charge in [-0.05, 0) is 18.8 Å². The number of aliphatic carboxylic acids is 1. The van der Waals surface area contributed by atoms with E-state index in [0.717, 1.165) is 12.8 Å². The maximum Gasteiger partial charge on any atom is 0.304 e. The van der Waals surface area contributed by atoms with E-state index in [9.17, 15) is 13.2 Å². The van der Waals surface area contributed by atoms with Crippen LogP contribution in [0.4, 0.5) is 0 Å². The average molecular weight is 250 g/mol. The second-order valence-corrected chi connectivity index (χ2v) is 5.88. The molecule has 0 atom stereocenters. The van der Waals surface area contributed by atoms with Crippen molar-refractivity contribution in [2.45, 2.75) is 26.2 Å². The molecule has 0 bridgehead atoms. The van der Waals surface area contributed by atoms with Crippen LogP contribution in [-0.4, -0.2) is 43.4 Å².